The summed E-state index contributed by atoms with van der Waals surface area (Å²) in [6.07, 6.45) is 0.873. The van der Waals surface area contributed by atoms with Gasteiger partial charge in [-0.3, -0.25) is 4.79 Å². The standard InChI is InChI=1S/C11H18N2O3S2/c1-7(2)4-8(3)13-11(14)9-5-10(17-6-9)18(12,15)16/h5-8H,4H2,1-3H3,(H,13,14)(H2,12,15,16). The molecule has 5 nitrogen and oxygen atoms in total. The van der Waals surface area contributed by atoms with E-state index in [0.717, 1.165) is 17.8 Å². The van der Waals surface area contributed by atoms with E-state index in [2.05, 4.69) is 19.2 Å². The molecule has 0 radical (unpaired) electrons. The quantitative estimate of drug-likeness (QED) is 0.862. The summed E-state index contributed by atoms with van der Waals surface area (Å²) in [6, 6.07) is 1.35. The Morgan fingerprint density at radius 3 is 2.50 bits per heavy atom. The zero-order valence-electron chi connectivity index (χ0n) is 10.6. The van der Waals surface area contributed by atoms with Crippen LogP contribution in [-0.4, -0.2) is 20.4 Å². The van der Waals surface area contributed by atoms with Crippen LogP contribution in [0, 0.1) is 5.92 Å². The summed E-state index contributed by atoms with van der Waals surface area (Å²) in [6.45, 7) is 6.07. The van der Waals surface area contributed by atoms with Crippen LogP contribution in [0.4, 0.5) is 0 Å². The van der Waals surface area contributed by atoms with E-state index >= 15 is 0 Å². The lowest BCUT2D eigenvalue weighted by Crippen LogP contribution is -2.33. The molecule has 0 fully saturated rings. The summed E-state index contributed by atoms with van der Waals surface area (Å²) in [5.74, 6) is 0.219. The Hall–Kier alpha value is -0.920. The van der Waals surface area contributed by atoms with Crippen LogP contribution in [0.2, 0.25) is 0 Å². The van der Waals surface area contributed by atoms with Gasteiger partial charge in [-0.05, 0) is 25.3 Å². The van der Waals surface area contributed by atoms with Gasteiger partial charge in [0.2, 0.25) is 10.0 Å². The first kappa shape index (κ1) is 15.1. The van der Waals surface area contributed by atoms with E-state index in [1.807, 2.05) is 6.92 Å². The third-order valence-corrected chi connectivity index (χ3v) is 4.71. The zero-order chi connectivity index (χ0) is 13.9. The molecule has 1 rings (SSSR count). The van der Waals surface area contributed by atoms with E-state index < -0.39 is 10.0 Å². The molecule has 3 N–H and O–H groups in total. The molecule has 0 saturated carbocycles. The Kier molecular flexibility index (Phi) is 4.89. The molecule has 1 unspecified atom stereocenters. The lowest BCUT2D eigenvalue weighted by atomic mass is 10.1. The minimum atomic E-state index is -3.72. The predicted octanol–water partition coefficient (Wildman–Crippen LogP) is 1.56. The van der Waals surface area contributed by atoms with Crippen molar-refractivity contribution >= 4 is 27.3 Å². The Balaban J connectivity index is 2.71. The van der Waals surface area contributed by atoms with E-state index in [9.17, 15) is 13.2 Å². The highest BCUT2D eigenvalue weighted by atomic mass is 32.2. The monoisotopic (exact) mass is 290 g/mol. The molecule has 0 spiro atoms. The number of sulfonamides is 1. The molecule has 18 heavy (non-hydrogen) atoms. The molecule has 0 bridgehead atoms. The van der Waals surface area contributed by atoms with Crippen LogP contribution >= 0.6 is 11.3 Å². The van der Waals surface area contributed by atoms with Gasteiger partial charge in [-0.2, -0.15) is 0 Å². The summed E-state index contributed by atoms with van der Waals surface area (Å²) < 4.78 is 22.2. The SMILES string of the molecule is CC(C)CC(C)NC(=O)c1csc(S(N)(=O)=O)c1. The van der Waals surface area contributed by atoms with Gasteiger partial charge in [-0.1, -0.05) is 13.8 Å². The second kappa shape index (κ2) is 5.81. The highest BCUT2D eigenvalue weighted by molar-refractivity contribution is 7.91. The van der Waals surface area contributed by atoms with Crippen molar-refractivity contribution in [2.24, 2.45) is 11.1 Å². The Morgan fingerprint density at radius 1 is 1.44 bits per heavy atom. The van der Waals surface area contributed by atoms with Crippen molar-refractivity contribution in [3.8, 4) is 0 Å². The van der Waals surface area contributed by atoms with Gasteiger partial charge in [0.25, 0.3) is 5.91 Å². The third kappa shape index (κ3) is 4.40. The van der Waals surface area contributed by atoms with Gasteiger partial charge in [-0.15, -0.1) is 11.3 Å². The van der Waals surface area contributed by atoms with Crippen molar-refractivity contribution in [2.75, 3.05) is 0 Å². The maximum Gasteiger partial charge on any atom is 0.252 e. The average Bonchev–Trinajstić information content (AvgIpc) is 2.63. The van der Waals surface area contributed by atoms with Crippen molar-refractivity contribution in [3.05, 3.63) is 17.0 Å². The fraction of sp³-hybridized carbons (Fsp3) is 0.545. The number of primary sulfonamides is 1. The molecule has 1 aromatic heterocycles. The topological polar surface area (TPSA) is 89.3 Å². The average molecular weight is 290 g/mol. The lowest BCUT2D eigenvalue weighted by molar-refractivity contribution is 0.0936. The molecule has 0 aliphatic rings. The molecule has 1 aromatic rings. The van der Waals surface area contributed by atoms with Gasteiger partial charge in [0.1, 0.15) is 4.21 Å². The first-order chi connectivity index (χ1) is 8.20. The number of rotatable bonds is 5. The normalized spacial score (nSPS) is 13.6. The highest BCUT2D eigenvalue weighted by Gasteiger charge is 2.16. The number of thiophene rings is 1. The largest absolute Gasteiger partial charge is 0.350 e. The molecule has 1 amide bonds. The predicted molar refractivity (Wildman–Crippen MR) is 72.1 cm³/mol. The number of amides is 1. The zero-order valence-corrected chi connectivity index (χ0v) is 12.3. The summed E-state index contributed by atoms with van der Waals surface area (Å²) in [5.41, 5.74) is 0.333. The van der Waals surface area contributed by atoms with Crippen molar-refractivity contribution in [1.29, 1.82) is 0 Å². The number of carbonyl (C=O) groups is 1. The maximum atomic E-state index is 11.8. The van der Waals surface area contributed by atoms with Crippen molar-refractivity contribution in [3.63, 3.8) is 0 Å². The molecule has 0 aliphatic carbocycles. The van der Waals surface area contributed by atoms with Crippen LogP contribution < -0.4 is 10.5 Å². The minimum absolute atomic E-state index is 0.00385. The van der Waals surface area contributed by atoms with E-state index in [1.165, 1.54) is 11.4 Å². The number of nitrogens with two attached hydrogens (primary N) is 1. The number of carbonyl (C=O) groups excluding carboxylic acids is 1. The van der Waals surface area contributed by atoms with Gasteiger partial charge in [-0.25, -0.2) is 13.6 Å². The Bertz CT molecular complexity index is 520. The molecule has 0 aromatic carbocycles. The Labute approximate surface area is 111 Å². The van der Waals surface area contributed by atoms with E-state index in [4.69, 9.17) is 5.14 Å². The number of hydrogen-bond donors (Lipinski definition) is 2. The van der Waals surface area contributed by atoms with Crippen LogP contribution in [0.1, 0.15) is 37.6 Å². The maximum absolute atomic E-state index is 11.8. The van der Waals surface area contributed by atoms with E-state index in [0.29, 0.717) is 11.5 Å². The first-order valence-electron chi connectivity index (χ1n) is 5.62. The smallest absolute Gasteiger partial charge is 0.252 e. The fourth-order valence-corrected chi connectivity index (χ4v) is 3.24. The second-order valence-electron chi connectivity index (χ2n) is 4.70. The summed E-state index contributed by atoms with van der Waals surface area (Å²) in [5, 5.41) is 9.31. The van der Waals surface area contributed by atoms with Crippen molar-refractivity contribution < 1.29 is 13.2 Å². The third-order valence-electron chi connectivity index (χ3n) is 2.32. The molecule has 1 heterocycles. The molecular weight excluding hydrogens is 272 g/mol. The van der Waals surface area contributed by atoms with Gasteiger partial charge in [0.05, 0.1) is 5.56 Å². The lowest BCUT2D eigenvalue weighted by Gasteiger charge is -2.15. The van der Waals surface area contributed by atoms with Crippen LogP contribution in [-0.2, 0) is 10.0 Å². The van der Waals surface area contributed by atoms with E-state index in [1.54, 1.807) is 0 Å². The van der Waals surface area contributed by atoms with Crippen LogP contribution in [0.15, 0.2) is 15.7 Å². The van der Waals surface area contributed by atoms with Gasteiger partial charge < -0.3 is 5.32 Å². The fourth-order valence-electron chi connectivity index (χ4n) is 1.66. The minimum Gasteiger partial charge on any atom is -0.350 e. The molecular formula is C11H18N2O3S2. The number of nitrogens with one attached hydrogen (secondary N) is 1. The van der Waals surface area contributed by atoms with Crippen LogP contribution in [0.25, 0.3) is 0 Å². The first-order valence-corrected chi connectivity index (χ1v) is 8.05. The van der Waals surface area contributed by atoms with Gasteiger partial charge in [0, 0.05) is 11.4 Å². The Morgan fingerprint density at radius 2 is 2.06 bits per heavy atom. The van der Waals surface area contributed by atoms with Crippen molar-refractivity contribution in [1.82, 2.24) is 5.32 Å². The molecule has 0 aliphatic heterocycles. The summed E-state index contributed by atoms with van der Waals surface area (Å²) >= 11 is 0.952. The van der Waals surface area contributed by atoms with Crippen LogP contribution in [0.3, 0.4) is 0 Å². The summed E-state index contributed by atoms with van der Waals surface area (Å²) in [4.78, 5) is 11.8. The number of hydrogen-bond acceptors (Lipinski definition) is 4. The van der Waals surface area contributed by atoms with Crippen molar-refractivity contribution in [2.45, 2.75) is 37.4 Å². The van der Waals surface area contributed by atoms with Gasteiger partial charge >= 0.3 is 0 Å². The van der Waals surface area contributed by atoms with Gasteiger partial charge in [0.15, 0.2) is 0 Å². The second-order valence-corrected chi connectivity index (χ2v) is 7.40. The molecule has 0 saturated heterocycles. The highest BCUT2D eigenvalue weighted by Crippen LogP contribution is 2.19. The van der Waals surface area contributed by atoms with E-state index in [-0.39, 0.29) is 16.2 Å². The summed E-state index contributed by atoms with van der Waals surface area (Å²) in [7, 11) is -3.72. The molecule has 1 atom stereocenters. The van der Waals surface area contributed by atoms with Crippen LogP contribution in [0.5, 0.6) is 0 Å². The molecule has 7 heteroatoms. The molecule has 102 valence electrons.